The van der Waals surface area contributed by atoms with E-state index < -0.39 is 12.0 Å². The Balaban J connectivity index is 1.93. The number of amides is 1. The van der Waals surface area contributed by atoms with E-state index in [1.54, 1.807) is 17.8 Å². The first kappa shape index (κ1) is 15.3. The molecule has 0 bridgehead atoms. The van der Waals surface area contributed by atoms with E-state index in [2.05, 4.69) is 5.10 Å². The Hall–Kier alpha value is -2.63. The lowest BCUT2D eigenvalue weighted by atomic mass is 10.2. The number of hydrogen-bond acceptors (Lipinski definition) is 3. The van der Waals surface area contributed by atoms with Gasteiger partial charge in [-0.2, -0.15) is 5.10 Å². The minimum Gasteiger partial charge on any atom is -0.480 e. The molecule has 1 N–H and O–H groups in total. The molecule has 1 heterocycles. The van der Waals surface area contributed by atoms with E-state index in [1.807, 2.05) is 37.3 Å². The Morgan fingerprint density at radius 3 is 2.52 bits per heavy atom. The fraction of sp³-hybridized carbons (Fsp3) is 0.353. The Labute approximate surface area is 134 Å². The van der Waals surface area contributed by atoms with Gasteiger partial charge in [-0.25, -0.2) is 9.48 Å². The average molecular weight is 313 g/mol. The minimum absolute atomic E-state index is 0.00914. The maximum absolute atomic E-state index is 12.8. The van der Waals surface area contributed by atoms with Gasteiger partial charge in [0.15, 0.2) is 5.69 Å². The van der Waals surface area contributed by atoms with Crippen LogP contribution in [0.25, 0.3) is 5.69 Å². The zero-order valence-corrected chi connectivity index (χ0v) is 13.1. The third-order valence-corrected chi connectivity index (χ3v) is 4.07. The predicted octanol–water partition coefficient (Wildman–Crippen LogP) is 2.26. The molecule has 1 atom stereocenters. The number of carbonyl (C=O) groups excluding carboxylic acids is 1. The molecule has 6 heteroatoms. The number of aliphatic carboxylic acids is 1. The van der Waals surface area contributed by atoms with Gasteiger partial charge in [-0.3, -0.25) is 4.79 Å². The Morgan fingerprint density at radius 1 is 1.30 bits per heavy atom. The highest BCUT2D eigenvalue weighted by molar-refractivity contribution is 5.96. The third kappa shape index (κ3) is 2.97. The number of carboxylic acid groups (broad SMARTS) is 1. The summed E-state index contributed by atoms with van der Waals surface area (Å²) < 4.78 is 1.65. The lowest BCUT2D eigenvalue weighted by Gasteiger charge is -2.25. The number of carbonyl (C=O) groups is 2. The molecule has 1 saturated carbocycles. The molecule has 0 aliphatic heterocycles. The molecule has 1 fully saturated rings. The van der Waals surface area contributed by atoms with Gasteiger partial charge in [0.2, 0.25) is 0 Å². The molecular formula is C17H19N3O3. The zero-order chi connectivity index (χ0) is 16.6. The van der Waals surface area contributed by atoms with Gasteiger partial charge in [0.05, 0.1) is 5.69 Å². The summed E-state index contributed by atoms with van der Waals surface area (Å²) in [6.07, 6.45) is 3.49. The summed E-state index contributed by atoms with van der Waals surface area (Å²) in [6, 6.07) is 8.67. The predicted molar refractivity (Wildman–Crippen MR) is 84.6 cm³/mol. The molecule has 1 amide bonds. The van der Waals surface area contributed by atoms with Crippen molar-refractivity contribution in [2.75, 3.05) is 0 Å². The van der Waals surface area contributed by atoms with Crippen molar-refractivity contribution in [1.82, 2.24) is 14.7 Å². The fourth-order valence-corrected chi connectivity index (χ4v) is 2.64. The van der Waals surface area contributed by atoms with Crippen molar-refractivity contribution < 1.29 is 14.7 Å². The van der Waals surface area contributed by atoms with Gasteiger partial charge in [0, 0.05) is 17.8 Å². The van der Waals surface area contributed by atoms with Crippen LogP contribution in [0.15, 0.2) is 36.5 Å². The van der Waals surface area contributed by atoms with E-state index >= 15 is 0 Å². The lowest BCUT2D eigenvalue weighted by molar-refractivity contribution is -0.141. The van der Waals surface area contributed by atoms with Crippen LogP contribution in [0.5, 0.6) is 0 Å². The topological polar surface area (TPSA) is 75.4 Å². The standard InChI is InChI=1S/C17H19N3O3/c1-11-10-19(13-6-4-3-5-7-13)18-15(11)16(21)20(14-8-9-14)12(2)17(22)23/h3-7,10,12,14H,8-9H2,1-2H3,(H,22,23). The molecule has 120 valence electrons. The highest BCUT2D eigenvalue weighted by Gasteiger charge is 2.40. The third-order valence-electron chi connectivity index (χ3n) is 4.07. The van der Waals surface area contributed by atoms with Gasteiger partial charge < -0.3 is 10.0 Å². The van der Waals surface area contributed by atoms with E-state index in [4.69, 9.17) is 0 Å². The summed E-state index contributed by atoms with van der Waals surface area (Å²) in [7, 11) is 0. The van der Waals surface area contributed by atoms with Gasteiger partial charge in [-0.15, -0.1) is 0 Å². The molecule has 0 spiro atoms. The first-order valence-corrected chi connectivity index (χ1v) is 7.66. The van der Waals surface area contributed by atoms with Crippen LogP contribution in [0, 0.1) is 6.92 Å². The Morgan fingerprint density at radius 2 is 1.96 bits per heavy atom. The zero-order valence-electron chi connectivity index (χ0n) is 13.1. The SMILES string of the molecule is Cc1cn(-c2ccccc2)nc1C(=O)N(C1CC1)C(C)C(=O)O. The molecular weight excluding hydrogens is 294 g/mol. The van der Waals surface area contributed by atoms with Crippen LogP contribution in [0.1, 0.15) is 35.8 Å². The fourth-order valence-electron chi connectivity index (χ4n) is 2.64. The van der Waals surface area contributed by atoms with Gasteiger partial charge in [0.25, 0.3) is 5.91 Å². The Bertz CT molecular complexity index is 735. The first-order valence-electron chi connectivity index (χ1n) is 7.66. The quantitative estimate of drug-likeness (QED) is 0.918. The van der Waals surface area contributed by atoms with E-state index in [9.17, 15) is 14.7 Å². The summed E-state index contributed by atoms with van der Waals surface area (Å²) in [5.74, 6) is -1.31. The maximum Gasteiger partial charge on any atom is 0.326 e. The van der Waals surface area contributed by atoms with Crippen LogP contribution in [0.3, 0.4) is 0 Å². The van der Waals surface area contributed by atoms with Crippen LogP contribution in [-0.2, 0) is 4.79 Å². The molecule has 0 saturated heterocycles. The van der Waals surface area contributed by atoms with Gasteiger partial charge >= 0.3 is 5.97 Å². The van der Waals surface area contributed by atoms with Crippen LogP contribution in [0.4, 0.5) is 0 Å². The average Bonchev–Trinajstić information content (AvgIpc) is 3.29. The van der Waals surface area contributed by atoms with Crippen molar-refractivity contribution in [1.29, 1.82) is 0 Å². The monoisotopic (exact) mass is 313 g/mol. The Kier molecular flexibility index (Phi) is 3.90. The van der Waals surface area contributed by atoms with Crippen LogP contribution in [-0.4, -0.2) is 43.7 Å². The van der Waals surface area contributed by atoms with Crippen molar-refractivity contribution in [2.24, 2.45) is 0 Å². The van der Waals surface area contributed by atoms with E-state index in [0.29, 0.717) is 5.69 Å². The molecule has 23 heavy (non-hydrogen) atoms. The molecule has 6 nitrogen and oxygen atoms in total. The van der Waals surface area contributed by atoms with E-state index in [-0.39, 0.29) is 11.9 Å². The van der Waals surface area contributed by atoms with Crippen molar-refractivity contribution in [3.05, 3.63) is 47.8 Å². The van der Waals surface area contributed by atoms with Crippen molar-refractivity contribution in [3.63, 3.8) is 0 Å². The van der Waals surface area contributed by atoms with Crippen molar-refractivity contribution in [3.8, 4) is 5.69 Å². The number of para-hydroxylation sites is 1. The number of carboxylic acids is 1. The molecule has 3 rings (SSSR count). The van der Waals surface area contributed by atoms with Gasteiger partial charge in [0.1, 0.15) is 6.04 Å². The number of benzene rings is 1. The highest BCUT2D eigenvalue weighted by atomic mass is 16.4. The van der Waals surface area contributed by atoms with E-state index in [0.717, 1.165) is 24.1 Å². The summed E-state index contributed by atoms with van der Waals surface area (Å²) in [6.45, 7) is 3.36. The largest absolute Gasteiger partial charge is 0.480 e. The lowest BCUT2D eigenvalue weighted by Crippen LogP contribution is -2.45. The molecule has 1 aliphatic rings. The molecule has 2 aromatic rings. The number of aromatic nitrogens is 2. The highest BCUT2D eigenvalue weighted by Crippen LogP contribution is 2.30. The van der Waals surface area contributed by atoms with Crippen LogP contribution < -0.4 is 0 Å². The van der Waals surface area contributed by atoms with Gasteiger partial charge in [-0.05, 0) is 38.8 Å². The second kappa shape index (κ2) is 5.87. The molecule has 0 radical (unpaired) electrons. The number of nitrogens with zero attached hydrogens (tertiary/aromatic N) is 3. The maximum atomic E-state index is 12.8. The smallest absolute Gasteiger partial charge is 0.326 e. The van der Waals surface area contributed by atoms with Gasteiger partial charge in [-0.1, -0.05) is 18.2 Å². The number of rotatable bonds is 5. The number of hydrogen-bond donors (Lipinski definition) is 1. The first-order chi connectivity index (χ1) is 11.0. The summed E-state index contributed by atoms with van der Waals surface area (Å²) in [4.78, 5) is 25.6. The summed E-state index contributed by atoms with van der Waals surface area (Å²) >= 11 is 0. The number of aryl methyl sites for hydroxylation is 1. The normalized spacial score (nSPS) is 15.2. The minimum atomic E-state index is -0.995. The summed E-state index contributed by atoms with van der Waals surface area (Å²) in [5.41, 5.74) is 1.91. The second-order valence-corrected chi connectivity index (χ2v) is 5.90. The van der Waals surface area contributed by atoms with Crippen LogP contribution >= 0.6 is 0 Å². The molecule has 1 aromatic carbocycles. The molecule has 1 aliphatic carbocycles. The molecule has 1 aromatic heterocycles. The van der Waals surface area contributed by atoms with Crippen molar-refractivity contribution in [2.45, 2.75) is 38.8 Å². The summed E-state index contributed by atoms with van der Waals surface area (Å²) in [5, 5.41) is 13.6. The van der Waals surface area contributed by atoms with Crippen LogP contribution in [0.2, 0.25) is 0 Å². The second-order valence-electron chi connectivity index (χ2n) is 5.90. The van der Waals surface area contributed by atoms with E-state index in [1.165, 1.54) is 4.90 Å². The molecule has 1 unspecified atom stereocenters. The van der Waals surface area contributed by atoms with Crippen molar-refractivity contribution >= 4 is 11.9 Å².